The van der Waals surface area contributed by atoms with E-state index in [0.29, 0.717) is 101 Å². The topological polar surface area (TPSA) is 384 Å². The number of phosphoric acid groups is 2. The van der Waals surface area contributed by atoms with Gasteiger partial charge in [0.25, 0.3) is 0 Å². The number of phosphoric ester groups is 2. The Labute approximate surface area is 451 Å². The van der Waals surface area contributed by atoms with E-state index < -0.39 is 58.6 Å². The number of nitrogens with zero attached hydrogens (tertiary/aromatic N) is 2. The fourth-order valence-electron chi connectivity index (χ4n) is 8.08. The van der Waals surface area contributed by atoms with Crippen molar-refractivity contribution in [1.82, 2.24) is 25.5 Å². The van der Waals surface area contributed by atoms with Crippen LogP contribution in [0.5, 0.6) is 5.75 Å². The number of alkyl carbamates (subject to hydrolysis) is 1. The van der Waals surface area contributed by atoms with Gasteiger partial charge in [0.05, 0.1) is 58.3 Å². The van der Waals surface area contributed by atoms with Crippen LogP contribution in [-0.2, 0) is 69.2 Å². The molecule has 27 nitrogen and oxygen atoms in total. The third-order valence-corrected chi connectivity index (χ3v) is 14.4. The second-order valence-electron chi connectivity index (χ2n) is 18.1. The standard InChI is InChI=1S/C29H44N4O17P2.C18H32N2O4S/c1-44-14-15-45-13-10-21(34)5-3-12-46-22-8-6-19(7-9-22)17-47-29(37)31-11-2-4-20-16-33(28(36)32-26(20)30)27-24(35)25(50-52(41,42)43)23(49-27)18-48-51(38,39)40;1-2-9-23-11-12-24-10-5-7-14(21)6-3-4-8-16-17-15(13-25-16)19-18(22)20-17/h6-9,16,23-25,27,35H,2-5,10-15,17-18H2,1H3,(H,31,37)(H2,30,32,36)(H2,38,39,40)(H2,41,42,43);15-17H,2-13H2,1H3,(H2,19,20,22)/t23-,24+,25?,27-;15-,16-,17-/m10/s1. The van der Waals surface area contributed by atoms with Crippen LogP contribution in [0.15, 0.2) is 35.3 Å². The first-order valence-corrected chi connectivity index (χ1v) is 29.6. The molecular formula is C47H76N6O21P2S. The van der Waals surface area contributed by atoms with E-state index in [4.69, 9.17) is 48.7 Å². The number of hydrogen-bond acceptors (Lipinski definition) is 20. The molecule has 4 heterocycles. The normalized spacial score (nSPS) is 20.9. The molecule has 77 heavy (non-hydrogen) atoms. The fourth-order valence-corrected chi connectivity index (χ4v) is 10.5. The summed E-state index contributed by atoms with van der Waals surface area (Å²) in [5.41, 5.74) is 5.86. The molecule has 436 valence electrons. The molecule has 3 saturated heterocycles. The summed E-state index contributed by atoms with van der Waals surface area (Å²) in [6, 6.07) is 7.42. The average Bonchev–Trinajstić information content (AvgIpc) is 4.04. The predicted molar refractivity (Wildman–Crippen MR) is 278 cm³/mol. The Bertz CT molecular complexity index is 2280. The third-order valence-electron chi connectivity index (χ3n) is 11.9. The van der Waals surface area contributed by atoms with Gasteiger partial charge in [-0.15, -0.1) is 0 Å². The molecule has 3 fully saturated rings. The number of aromatic nitrogens is 2. The van der Waals surface area contributed by atoms with Gasteiger partial charge in [-0.2, -0.15) is 16.7 Å². The summed E-state index contributed by atoms with van der Waals surface area (Å²) in [4.78, 5) is 100. The second-order valence-corrected chi connectivity index (χ2v) is 21.8. The van der Waals surface area contributed by atoms with Crippen molar-refractivity contribution >= 4 is 56.9 Å². The largest absolute Gasteiger partial charge is 0.494 e. The summed E-state index contributed by atoms with van der Waals surface area (Å²) >= 11 is 1.93. The quantitative estimate of drug-likeness (QED) is 0.0267. The van der Waals surface area contributed by atoms with Crippen molar-refractivity contribution < 1.29 is 95.2 Å². The average molecular weight is 1160 g/mol. The van der Waals surface area contributed by atoms with E-state index >= 15 is 0 Å². The van der Waals surface area contributed by atoms with E-state index in [1.807, 2.05) is 11.8 Å². The van der Waals surface area contributed by atoms with Gasteiger partial charge >= 0.3 is 33.5 Å². The number of hydrogen-bond donors (Lipinski definition) is 9. The summed E-state index contributed by atoms with van der Waals surface area (Å²) in [7, 11) is -8.72. The number of nitrogen functional groups attached to an aromatic ring is 1. The van der Waals surface area contributed by atoms with Crippen molar-refractivity contribution in [3.8, 4) is 5.75 Å². The number of benzene rings is 1. The van der Waals surface area contributed by atoms with Crippen LogP contribution in [0.25, 0.3) is 0 Å². The Balaban J connectivity index is 0.000000426. The number of anilines is 1. The number of fused-ring (bicyclic) bond motifs is 1. The van der Waals surface area contributed by atoms with Crippen LogP contribution < -0.4 is 32.1 Å². The number of nitrogens with one attached hydrogen (secondary N) is 3. The van der Waals surface area contributed by atoms with Gasteiger partial charge in [-0.05, 0) is 62.6 Å². The van der Waals surface area contributed by atoms with Gasteiger partial charge in [0.2, 0.25) is 0 Å². The Morgan fingerprint density at radius 1 is 0.857 bits per heavy atom. The number of carbonyl (C=O) groups excluding carboxylic acids is 4. The number of Topliss-reactive ketones (excluding diaryl/α,β-unsaturated/α-hetero) is 2. The smallest absolute Gasteiger partial charge is 0.470 e. The van der Waals surface area contributed by atoms with E-state index in [-0.39, 0.29) is 61.3 Å². The number of aliphatic hydroxyl groups is 1. The molecule has 10 N–H and O–H groups in total. The molecule has 3 aliphatic heterocycles. The maximum absolute atomic E-state index is 12.6. The highest BCUT2D eigenvalue weighted by Crippen LogP contribution is 2.45. The maximum Gasteiger partial charge on any atom is 0.470 e. The molecule has 1 unspecified atom stereocenters. The molecule has 7 atom stereocenters. The number of aliphatic hydroxyl groups excluding tert-OH is 1. The molecule has 0 radical (unpaired) electrons. The maximum atomic E-state index is 12.6. The zero-order valence-electron chi connectivity index (χ0n) is 43.4. The van der Waals surface area contributed by atoms with Gasteiger partial charge in [0.1, 0.15) is 48.1 Å². The Morgan fingerprint density at radius 3 is 2.23 bits per heavy atom. The first kappa shape index (κ1) is 65.4. The number of rotatable bonds is 37. The second kappa shape index (κ2) is 34.8. The van der Waals surface area contributed by atoms with Crippen molar-refractivity contribution in [1.29, 1.82) is 0 Å². The summed E-state index contributed by atoms with van der Waals surface area (Å²) in [6.07, 6.45) is 1.33. The lowest BCUT2D eigenvalue weighted by Gasteiger charge is -2.21. The number of nitrogens with two attached hydrogens (primary N) is 1. The molecule has 1 aromatic heterocycles. The summed E-state index contributed by atoms with van der Waals surface area (Å²) in [6.45, 7) is 5.55. The van der Waals surface area contributed by atoms with Crippen LogP contribution in [0.2, 0.25) is 0 Å². The highest BCUT2D eigenvalue weighted by atomic mass is 32.2. The van der Waals surface area contributed by atoms with Gasteiger partial charge in [-0.25, -0.2) is 23.5 Å². The lowest BCUT2D eigenvalue weighted by Crippen LogP contribution is -2.38. The molecular weight excluding hydrogens is 1080 g/mol. The highest BCUT2D eigenvalue weighted by Gasteiger charge is 2.49. The lowest BCUT2D eigenvalue weighted by molar-refractivity contribution is -0.120. The van der Waals surface area contributed by atoms with Crippen LogP contribution in [0.1, 0.15) is 94.9 Å². The number of carbonyl (C=O) groups is 4. The van der Waals surface area contributed by atoms with Crippen LogP contribution >= 0.6 is 27.4 Å². The molecule has 3 amide bonds. The van der Waals surface area contributed by atoms with E-state index in [2.05, 4.69) is 36.9 Å². The number of unbranched alkanes of at least 4 members (excludes halogenated alkanes) is 1. The van der Waals surface area contributed by atoms with Gasteiger partial charge in [0.15, 0.2) is 6.23 Å². The number of aryl methyl sites for hydroxylation is 1. The summed E-state index contributed by atoms with van der Waals surface area (Å²) in [5, 5.41) is 19.8. The van der Waals surface area contributed by atoms with E-state index in [0.717, 1.165) is 49.0 Å². The number of ketones is 2. The van der Waals surface area contributed by atoms with Crippen molar-refractivity contribution in [3.05, 3.63) is 52.1 Å². The molecule has 0 bridgehead atoms. The SMILES string of the molecule is CCCOCCOCCCC(=O)CCCC[C@@H]1SC[C@@H]2NC(=O)N[C@@H]21.COCCOCCC(=O)CCCOc1ccc(COC(=O)NCCCc2cn([C@@H]3O[C@H](COP(=O)(O)O)C(OP(=O)(O)O)[C@@H]3O)c(=O)nc2N)cc1. The Hall–Kier alpha value is -4.09. The van der Waals surface area contributed by atoms with Crippen molar-refractivity contribution in [2.45, 2.75) is 132 Å². The Kier molecular flexibility index (Phi) is 29.6. The zero-order valence-corrected chi connectivity index (χ0v) is 46.0. The Morgan fingerprint density at radius 2 is 1.53 bits per heavy atom. The molecule has 0 spiro atoms. The van der Waals surface area contributed by atoms with E-state index in [1.54, 1.807) is 31.4 Å². The number of methoxy groups -OCH3 is 1. The number of urea groups is 1. The van der Waals surface area contributed by atoms with Crippen LogP contribution in [-0.4, -0.2) is 172 Å². The van der Waals surface area contributed by atoms with Crippen molar-refractivity contribution in [3.63, 3.8) is 0 Å². The minimum Gasteiger partial charge on any atom is -0.494 e. The van der Waals surface area contributed by atoms with Crippen LogP contribution in [0, 0.1) is 0 Å². The molecule has 0 saturated carbocycles. The summed E-state index contributed by atoms with van der Waals surface area (Å²) < 4.78 is 69.6. The third kappa shape index (κ3) is 25.7. The monoisotopic (exact) mass is 1150 g/mol. The van der Waals surface area contributed by atoms with Crippen LogP contribution in [0.3, 0.4) is 0 Å². The molecule has 3 aliphatic rings. The van der Waals surface area contributed by atoms with Crippen molar-refractivity contribution in [2.24, 2.45) is 0 Å². The predicted octanol–water partition coefficient (Wildman–Crippen LogP) is 2.82. The van der Waals surface area contributed by atoms with Gasteiger partial charge in [0, 0.05) is 75.3 Å². The molecule has 5 rings (SSSR count). The van der Waals surface area contributed by atoms with Gasteiger partial charge in [-0.1, -0.05) is 25.5 Å². The molecule has 30 heteroatoms. The molecule has 2 aromatic rings. The number of ether oxygens (including phenoxy) is 7. The van der Waals surface area contributed by atoms with Gasteiger partial charge in [-0.3, -0.25) is 23.2 Å². The number of amides is 3. The lowest BCUT2D eigenvalue weighted by atomic mass is 10.0. The fraction of sp³-hybridized carbons (Fsp3) is 0.702. The first-order valence-electron chi connectivity index (χ1n) is 25.5. The zero-order chi connectivity index (χ0) is 56.2. The van der Waals surface area contributed by atoms with Crippen LogP contribution in [0.4, 0.5) is 15.4 Å². The van der Waals surface area contributed by atoms with E-state index in [9.17, 15) is 48.0 Å². The molecule has 0 aliphatic carbocycles. The summed E-state index contributed by atoms with van der Waals surface area (Å²) in [5.74, 6) is 1.85. The number of thioether (sulfide) groups is 1. The highest BCUT2D eigenvalue weighted by molar-refractivity contribution is 8.00. The minimum atomic E-state index is -5.24. The van der Waals surface area contributed by atoms with Crippen molar-refractivity contribution in [2.75, 3.05) is 84.6 Å². The first-order chi connectivity index (χ1) is 36.8. The molecule has 1 aromatic carbocycles. The van der Waals surface area contributed by atoms with E-state index in [1.165, 1.54) is 6.20 Å². The van der Waals surface area contributed by atoms with Gasteiger partial charge < -0.3 is 79.5 Å². The minimum absolute atomic E-state index is 0.0223.